The number of carbonyl (C=O) groups excluding carboxylic acids is 1. The molecular formula is C14H21NO3. The average molecular weight is 251 g/mol. The molecule has 1 N–H and O–H groups in total. The Hall–Kier alpha value is -1.71. The molecule has 0 heterocycles. The van der Waals surface area contributed by atoms with Gasteiger partial charge in [0.15, 0.2) is 11.5 Å². The number of phenols is 1. The van der Waals surface area contributed by atoms with Crippen molar-refractivity contribution >= 4 is 6.09 Å². The third-order valence-electron chi connectivity index (χ3n) is 2.86. The standard InChI is InChI=1S/C14H21NO3/c1-5-15(6-2)14(17)18-13-11(10(3)4)8-7-9-12(13)16/h7-10,16H,5-6H2,1-4H3. The van der Waals surface area contributed by atoms with Crippen LogP contribution >= 0.6 is 0 Å². The molecule has 0 saturated heterocycles. The normalized spacial score (nSPS) is 10.5. The molecule has 0 saturated carbocycles. The molecule has 4 heteroatoms. The molecule has 0 radical (unpaired) electrons. The predicted octanol–water partition coefficient (Wildman–Crippen LogP) is 3.36. The molecule has 0 unspecified atom stereocenters. The second-order valence-corrected chi connectivity index (χ2v) is 4.39. The van der Waals surface area contributed by atoms with Gasteiger partial charge in [0.25, 0.3) is 0 Å². The van der Waals surface area contributed by atoms with Crippen molar-refractivity contribution in [3.8, 4) is 11.5 Å². The van der Waals surface area contributed by atoms with E-state index in [0.29, 0.717) is 13.1 Å². The number of benzene rings is 1. The third-order valence-corrected chi connectivity index (χ3v) is 2.86. The van der Waals surface area contributed by atoms with E-state index in [1.807, 2.05) is 33.8 Å². The van der Waals surface area contributed by atoms with Gasteiger partial charge in [-0.05, 0) is 25.8 Å². The molecular weight excluding hydrogens is 230 g/mol. The number of phenolic OH excluding ortho intramolecular Hbond substituents is 1. The van der Waals surface area contributed by atoms with Gasteiger partial charge in [0.1, 0.15) is 0 Å². The van der Waals surface area contributed by atoms with Gasteiger partial charge in [0.2, 0.25) is 0 Å². The molecule has 0 aromatic heterocycles. The van der Waals surface area contributed by atoms with Crippen LogP contribution in [0.4, 0.5) is 4.79 Å². The zero-order chi connectivity index (χ0) is 13.7. The van der Waals surface area contributed by atoms with Crippen molar-refractivity contribution in [1.29, 1.82) is 0 Å². The van der Waals surface area contributed by atoms with Crippen LogP contribution < -0.4 is 4.74 Å². The Bertz CT molecular complexity index is 412. The van der Waals surface area contributed by atoms with E-state index in [-0.39, 0.29) is 17.4 Å². The number of hydrogen-bond donors (Lipinski definition) is 1. The van der Waals surface area contributed by atoms with Gasteiger partial charge in [-0.1, -0.05) is 26.0 Å². The fraction of sp³-hybridized carbons (Fsp3) is 0.500. The fourth-order valence-electron chi connectivity index (χ4n) is 1.74. The van der Waals surface area contributed by atoms with Crippen LogP contribution in [0, 0.1) is 0 Å². The van der Waals surface area contributed by atoms with Gasteiger partial charge >= 0.3 is 6.09 Å². The highest BCUT2D eigenvalue weighted by Crippen LogP contribution is 2.34. The molecule has 100 valence electrons. The van der Waals surface area contributed by atoms with Crippen LogP contribution in [0.5, 0.6) is 11.5 Å². The van der Waals surface area contributed by atoms with E-state index in [1.54, 1.807) is 11.0 Å². The van der Waals surface area contributed by atoms with Gasteiger partial charge in [0, 0.05) is 18.7 Å². The number of carbonyl (C=O) groups is 1. The zero-order valence-electron chi connectivity index (χ0n) is 11.4. The monoisotopic (exact) mass is 251 g/mol. The first-order chi connectivity index (χ1) is 8.51. The molecule has 0 atom stereocenters. The summed E-state index contributed by atoms with van der Waals surface area (Å²) < 4.78 is 5.32. The average Bonchev–Trinajstić information content (AvgIpc) is 2.33. The first-order valence-electron chi connectivity index (χ1n) is 6.29. The summed E-state index contributed by atoms with van der Waals surface area (Å²) >= 11 is 0. The highest BCUT2D eigenvalue weighted by atomic mass is 16.6. The lowest BCUT2D eigenvalue weighted by Gasteiger charge is -2.20. The minimum absolute atomic E-state index is 0.00158. The number of aromatic hydroxyl groups is 1. The molecule has 0 aliphatic carbocycles. The predicted molar refractivity (Wildman–Crippen MR) is 71.1 cm³/mol. The molecule has 0 aliphatic heterocycles. The summed E-state index contributed by atoms with van der Waals surface area (Å²) in [5.74, 6) is 0.447. The first kappa shape index (κ1) is 14.4. The van der Waals surface area contributed by atoms with Gasteiger partial charge < -0.3 is 14.7 Å². The van der Waals surface area contributed by atoms with Crippen molar-refractivity contribution in [3.63, 3.8) is 0 Å². The van der Waals surface area contributed by atoms with Crippen molar-refractivity contribution in [2.24, 2.45) is 0 Å². The first-order valence-corrected chi connectivity index (χ1v) is 6.29. The number of hydrogen-bond acceptors (Lipinski definition) is 3. The molecule has 1 aromatic rings. The second-order valence-electron chi connectivity index (χ2n) is 4.39. The van der Waals surface area contributed by atoms with Crippen LogP contribution in [0.1, 0.15) is 39.2 Å². The lowest BCUT2D eigenvalue weighted by Crippen LogP contribution is -2.33. The van der Waals surface area contributed by atoms with E-state index in [1.165, 1.54) is 6.07 Å². The van der Waals surface area contributed by atoms with Crippen LogP contribution in [0.3, 0.4) is 0 Å². The smallest absolute Gasteiger partial charge is 0.415 e. The Kier molecular flexibility index (Phi) is 5.01. The summed E-state index contributed by atoms with van der Waals surface area (Å²) in [6.07, 6.45) is -0.427. The number of amides is 1. The molecule has 0 bridgehead atoms. The zero-order valence-corrected chi connectivity index (χ0v) is 11.4. The van der Waals surface area contributed by atoms with Crippen LogP contribution in [-0.2, 0) is 0 Å². The molecule has 0 fully saturated rings. The fourth-order valence-corrected chi connectivity index (χ4v) is 1.74. The number of para-hydroxylation sites is 1. The Labute approximate surface area is 108 Å². The van der Waals surface area contributed by atoms with E-state index in [9.17, 15) is 9.90 Å². The Morgan fingerprint density at radius 2 is 1.94 bits per heavy atom. The Balaban J connectivity index is 2.99. The minimum atomic E-state index is -0.427. The van der Waals surface area contributed by atoms with Crippen LogP contribution in [0.2, 0.25) is 0 Å². The van der Waals surface area contributed by atoms with Gasteiger partial charge in [-0.3, -0.25) is 0 Å². The summed E-state index contributed by atoms with van der Waals surface area (Å²) in [6.45, 7) is 8.92. The van der Waals surface area contributed by atoms with Gasteiger partial charge in [-0.25, -0.2) is 4.79 Å². The largest absolute Gasteiger partial charge is 0.504 e. The number of rotatable bonds is 4. The van der Waals surface area contributed by atoms with E-state index in [2.05, 4.69) is 0 Å². The van der Waals surface area contributed by atoms with E-state index >= 15 is 0 Å². The highest BCUT2D eigenvalue weighted by Gasteiger charge is 2.18. The van der Waals surface area contributed by atoms with Crippen molar-refractivity contribution in [2.45, 2.75) is 33.6 Å². The van der Waals surface area contributed by atoms with Crippen molar-refractivity contribution < 1.29 is 14.6 Å². The van der Waals surface area contributed by atoms with Gasteiger partial charge in [-0.2, -0.15) is 0 Å². The molecule has 1 aromatic carbocycles. The Morgan fingerprint density at radius 3 is 2.44 bits per heavy atom. The quantitative estimate of drug-likeness (QED) is 0.892. The van der Waals surface area contributed by atoms with Gasteiger partial charge in [-0.15, -0.1) is 0 Å². The molecule has 0 aliphatic rings. The molecule has 18 heavy (non-hydrogen) atoms. The molecule has 0 spiro atoms. The molecule has 1 amide bonds. The highest BCUT2D eigenvalue weighted by molar-refractivity contribution is 5.72. The second kappa shape index (κ2) is 6.28. The van der Waals surface area contributed by atoms with Crippen molar-refractivity contribution in [3.05, 3.63) is 23.8 Å². The van der Waals surface area contributed by atoms with E-state index in [4.69, 9.17) is 4.74 Å². The maximum Gasteiger partial charge on any atom is 0.415 e. The van der Waals surface area contributed by atoms with E-state index < -0.39 is 6.09 Å². The van der Waals surface area contributed by atoms with Crippen molar-refractivity contribution in [1.82, 2.24) is 4.90 Å². The summed E-state index contributed by atoms with van der Waals surface area (Å²) in [6, 6.07) is 5.13. The summed E-state index contributed by atoms with van der Waals surface area (Å²) in [5.41, 5.74) is 0.829. The number of ether oxygens (including phenoxy) is 1. The van der Waals surface area contributed by atoms with Gasteiger partial charge in [0.05, 0.1) is 0 Å². The molecule has 4 nitrogen and oxygen atoms in total. The lowest BCUT2D eigenvalue weighted by molar-refractivity contribution is 0.155. The maximum atomic E-state index is 11.9. The maximum absolute atomic E-state index is 11.9. The van der Waals surface area contributed by atoms with Crippen LogP contribution in [0.15, 0.2) is 18.2 Å². The van der Waals surface area contributed by atoms with Crippen molar-refractivity contribution in [2.75, 3.05) is 13.1 Å². The van der Waals surface area contributed by atoms with Crippen LogP contribution in [0.25, 0.3) is 0 Å². The lowest BCUT2D eigenvalue weighted by atomic mass is 10.0. The third kappa shape index (κ3) is 3.15. The molecule has 1 rings (SSSR count). The van der Waals surface area contributed by atoms with E-state index in [0.717, 1.165) is 5.56 Å². The van der Waals surface area contributed by atoms with Crippen LogP contribution in [-0.4, -0.2) is 29.2 Å². The minimum Gasteiger partial charge on any atom is -0.504 e. The summed E-state index contributed by atoms with van der Waals surface area (Å²) in [7, 11) is 0. The topological polar surface area (TPSA) is 49.8 Å². The SMILES string of the molecule is CCN(CC)C(=O)Oc1c(O)cccc1C(C)C. The summed E-state index contributed by atoms with van der Waals surface area (Å²) in [4.78, 5) is 13.5. The number of nitrogens with zero attached hydrogens (tertiary/aromatic N) is 1. The summed E-state index contributed by atoms with van der Waals surface area (Å²) in [5, 5.41) is 9.82. The Morgan fingerprint density at radius 1 is 1.33 bits per heavy atom.